The number of halogens is 1. The number of nitrogens with one attached hydrogen (secondary N) is 1. The summed E-state index contributed by atoms with van der Waals surface area (Å²) < 4.78 is 27.8. The number of sulfonamides is 1. The second-order valence-electron chi connectivity index (χ2n) is 4.26. The molecular weight excluding hydrogens is 298 g/mol. The van der Waals surface area contributed by atoms with Crippen LogP contribution in [0.3, 0.4) is 0 Å². The van der Waals surface area contributed by atoms with Crippen LogP contribution in [0.1, 0.15) is 12.0 Å². The van der Waals surface area contributed by atoms with Crippen molar-refractivity contribution in [3.8, 4) is 5.69 Å². The summed E-state index contributed by atoms with van der Waals surface area (Å²) in [5.74, 6) is 0.380. The Morgan fingerprint density at radius 1 is 1.25 bits per heavy atom. The molecule has 2 aromatic rings. The molecule has 0 amide bonds. The number of nitrogens with zero attached hydrogens (tertiary/aromatic N) is 2. The van der Waals surface area contributed by atoms with Crippen molar-refractivity contribution in [1.29, 1.82) is 0 Å². The molecule has 0 saturated carbocycles. The quantitative estimate of drug-likeness (QED) is 0.794. The van der Waals surface area contributed by atoms with E-state index in [1.165, 1.54) is 0 Å². The molecule has 1 aromatic heterocycles. The largest absolute Gasteiger partial charge is 0.241 e. The van der Waals surface area contributed by atoms with E-state index in [4.69, 9.17) is 11.6 Å². The molecule has 0 aliphatic rings. The summed E-state index contributed by atoms with van der Waals surface area (Å²) in [5, 5.41) is 4.16. The van der Waals surface area contributed by atoms with Crippen molar-refractivity contribution in [2.75, 3.05) is 11.6 Å². The van der Waals surface area contributed by atoms with Gasteiger partial charge in [-0.15, -0.1) is 11.6 Å². The number of hydrogen-bond acceptors (Lipinski definition) is 3. The summed E-state index contributed by atoms with van der Waals surface area (Å²) in [6.07, 6.45) is 3.94. The Bertz CT molecular complexity index is 641. The van der Waals surface area contributed by atoms with Crippen molar-refractivity contribution in [3.63, 3.8) is 0 Å². The first-order valence-corrected chi connectivity index (χ1v) is 8.42. The van der Waals surface area contributed by atoms with Crippen LogP contribution in [0.2, 0.25) is 0 Å². The lowest BCUT2D eigenvalue weighted by molar-refractivity contribution is 0.580. The van der Waals surface area contributed by atoms with Crippen molar-refractivity contribution >= 4 is 21.6 Å². The molecule has 0 atom stereocenters. The Kier molecular flexibility index (Phi) is 5.17. The average molecular weight is 314 g/mol. The fraction of sp³-hybridized carbons (Fsp3) is 0.308. The predicted octanol–water partition coefficient (Wildman–Crippen LogP) is 1.92. The lowest BCUT2D eigenvalue weighted by Crippen LogP contribution is -2.26. The summed E-state index contributed by atoms with van der Waals surface area (Å²) in [6, 6.07) is 9.36. The van der Waals surface area contributed by atoms with E-state index < -0.39 is 10.0 Å². The van der Waals surface area contributed by atoms with Gasteiger partial charge in [-0.2, -0.15) is 5.10 Å². The standard InChI is InChI=1S/C13H16ClN3O2S/c14-7-3-10-20(18,19)16-11-12-5-1-2-6-13(12)17-9-4-8-15-17/h1-2,4-6,8-9,16H,3,7,10-11H2. The van der Waals surface area contributed by atoms with Gasteiger partial charge in [0.1, 0.15) is 0 Å². The molecule has 5 nitrogen and oxygen atoms in total. The molecule has 1 aromatic carbocycles. The summed E-state index contributed by atoms with van der Waals surface area (Å²) in [4.78, 5) is 0. The first kappa shape index (κ1) is 15.0. The Morgan fingerprint density at radius 2 is 2.05 bits per heavy atom. The molecule has 0 bridgehead atoms. The number of para-hydroxylation sites is 1. The molecule has 1 heterocycles. The zero-order valence-corrected chi connectivity index (χ0v) is 12.4. The van der Waals surface area contributed by atoms with Gasteiger partial charge >= 0.3 is 0 Å². The first-order chi connectivity index (χ1) is 9.62. The van der Waals surface area contributed by atoms with E-state index in [9.17, 15) is 8.42 Å². The summed E-state index contributed by atoms with van der Waals surface area (Å²) in [6.45, 7) is 0.237. The third kappa shape index (κ3) is 4.06. The lowest BCUT2D eigenvalue weighted by atomic mass is 10.2. The van der Waals surface area contributed by atoms with Gasteiger partial charge in [0.25, 0.3) is 0 Å². The van der Waals surface area contributed by atoms with Crippen LogP contribution in [0.4, 0.5) is 0 Å². The summed E-state index contributed by atoms with van der Waals surface area (Å²) in [5.41, 5.74) is 1.73. The van der Waals surface area contributed by atoms with E-state index in [2.05, 4.69) is 9.82 Å². The smallest absolute Gasteiger partial charge is 0.211 e. The maximum atomic E-state index is 11.8. The molecule has 2 rings (SSSR count). The second kappa shape index (κ2) is 6.88. The molecule has 0 fully saturated rings. The van der Waals surface area contributed by atoms with Crippen LogP contribution >= 0.6 is 11.6 Å². The highest BCUT2D eigenvalue weighted by Gasteiger charge is 2.11. The topological polar surface area (TPSA) is 64.0 Å². The fourth-order valence-electron chi connectivity index (χ4n) is 1.80. The molecule has 0 aliphatic carbocycles. The Balaban J connectivity index is 2.11. The molecule has 108 valence electrons. The minimum absolute atomic E-state index is 0.0421. The molecule has 0 spiro atoms. The van der Waals surface area contributed by atoms with E-state index >= 15 is 0 Å². The number of rotatable bonds is 7. The normalized spacial score (nSPS) is 11.7. The zero-order chi connectivity index (χ0) is 14.4. The van der Waals surface area contributed by atoms with Crippen LogP contribution in [0.25, 0.3) is 5.69 Å². The number of hydrogen-bond donors (Lipinski definition) is 1. The molecule has 0 saturated heterocycles. The van der Waals surface area contributed by atoms with Crippen molar-refractivity contribution < 1.29 is 8.42 Å². The maximum Gasteiger partial charge on any atom is 0.211 e. The maximum absolute atomic E-state index is 11.8. The van der Waals surface area contributed by atoms with Gasteiger partial charge in [0, 0.05) is 24.8 Å². The third-order valence-electron chi connectivity index (χ3n) is 2.77. The zero-order valence-electron chi connectivity index (χ0n) is 10.9. The van der Waals surface area contributed by atoms with Gasteiger partial charge in [-0.1, -0.05) is 18.2 Å². The molecule has 0 radical (unpaired) electrons. The van der Waals surface area contributed by atoms with Crippen molar-refractivity contribution in [3.05, 3.63) is 48.3 Å². The van der Waals surface area contributed by atoms with Gasteiger partial charge in [0.2, 0.25) is 10.0 Å². The summed E-state index contributed by atoms with van der Waals surface area (Å²) >= 11 is 5.51. The second-order valence-corrected chi connectivity index (χ2v) is 6.57. The van der Waals surface area contributed by atoms with E-state index in [1.54, 1.807) is 10.9 Å². The molecule has 20 heavy (non-hydrogen) atoms. The summed E-state index contributed by atoms with van der Waals surface area (Å²) in [7, 11) is -3.29. The van der Waals surface area contributed by atoms with Crippen LogP contribution in [0.15, 0.2) is 42.7 Å². The number of benzene rings is 1. The van der Waals surface area contributed by atoms with Gasteiger partial charge in [-0.25, -0.2) is 17.8 Å². The van der Waals surface area contributed by atoms with Crippen LogP contribution in [0, 0.1) is 0 Å². The third-order valence-corrected chi connectivity index (χ3v) is 4.45. The van der Waals surface area contributed by atoms with Crippen molar-refractivity contribution in [1.82, 2.24) is 14.5 Å². The van der Waals surface area contributed by atoms with Crippen molar-refractivity contribution in [2.45, 2.75) is 13.0 Å². The SMILES string of the molecule is O=S(=O)(CCCCl)NCc1ccccc1-n1cccn1. The highest BCUT2D eigenvalue weighted by molar-refractivity contribution is 7.89. The Hall–Kier alpha value is -1.37. The van der Waals surface area contributed by atoms with E-state index in [1.807, 2.05) is 36.5 Å². The van der Waals surface area contributed by atoms with E-state index in [-0.39, 0.29) is 12.3 Å². The average Bonchev–Trinajstić information content (AvgIpc) is 2.97. The van der Waals surface area contributed by atoms with Crippen LogP contribution < -0.4 is 4.72 Å². The highest BCUT2D eigenvalue weighted by atomic mass is 35.5. The van der Waals surface area contributed by atoms with E-state index in [0.717, 1.165) is 11.3 Å². The minimum atomic E-state index is -3.29. The molecule has 0 aliphatic heterocycles. The molecule has 7 heteroatoms. The molecule has 0 unspecified atom stereocenters. The monoisotopic (exact) mass is 313 g/mol. The Labute approximate surface area is 123 Å². The number of aromatic nitrogens is 2. The fourth-order valence-corrected chi connectivity index (χ4v) is 3.14. The van der Waals surface area contributed by atoms with E-state index in [0.29, 0.717) is 12.3 Å². The predicted molar refractivity (Wildman–Crippen MR) is 79.5 cm³/mol. The van der Waals surface area contributed by atoms with Gasteiger partial charge in [0.05, 0.1) is 11.4 Å². The number of alkyl halides is 1. The van der Waals surface area contributed by atoms with Gasteiger partial charge in [0.15, 0.2) is 0 Å². The Morgan fingerprint density at radius 3 is 2.75 bits per heavy atom. The minimum Gasteiger partial charge on any atom is -0.241 e. The first-order valence-electron chi connectivity index (χ1n) is 6.23. The van der Waals surface area contributed by atoms with Gasteiger partial charge < -0.3 is 0 Å². The van der Waals surface area contributed by atoms with Crippen LogP contribution in [-0.2, 0) is 16.6 Å². The van der Waals surface area contributed by atoms with Gasteiger partial charge in [-0.05, 0) is 24.1 Å². The lowest BCUT2D eigenvalue weighted by Gasteiger charge is -2.11. The highest BCUT2D eigenvalue weighted by Crippen LogP contribution is 2.13. The van der Waals surface area contributed by atoms with Crippen LogP contribution in [0.5, 0.6) is 0 Å². The van der Waals surface area contributed by atoms with Crippen molar-refractivity contribution in [2.24, 2.45) is 0 Å². The molecular formula is C13H16ClN3O2S. The van der Waals surface area contributed by atoms with Gasteiger partial charge in [-0.3, -0.25) is 0 Å². The molecule has 1 N–H and O–H groups in total. The van der Waals surface area contributed by atoms with Crippen LogP contribution in [-0.4, -0.2) is 29.8 Å².